The summed E-state index contributed by atoms with van der Waals surface area (Å²) < 4.78 is 0. The van der Waals surface area contributed by atoms with Crippen LogP contribution in [-0.2, 0) is 0 Å². The normalized spacial score (nSPS) is 26.3. The first kappa shape index (κ1) is 11.0. The quantitative estimate of drug-likeness (QED) is 0.489. The average Bonchev–Trinajstić information content (AvgIpc) is 2.22. The standard InChI is InChI=1S/C14H20/c1-2-4-6-8-10-12-14-13-11-9-7-5-3-1/h1-6,13-14H,7-12H2/b2-1+,5-3-,6-4-,14-13?. The first-order chi connectivity index (χ1) is 7.00. The molecule has 0 nitrogen and oxygen atoms in total. The van der Waals surface area contributed by atoms with Gasteiger partial charge in [-0.15, -0.1) is 0 Å². The molecule has 0 aromatic heterocycles. The highest BCUT2D eigenvalue weighted by Crippen LogP contribution is 2.03. The number of rotatable bonds is 0. The maximum Gasteiger partial charge on any atom is -0.0345 e. The first-order valence-corrected chi connectivity index (χ1v) is 5.63. The average molecular weight is 188 g/mol. The fraction of sp³-hybridized carbons (Fsp3) is 0.429. The predicted octanol–water partition coefficient (Wildman–Crippen LogP) is 4.57. The third-order valence-corrected chi connectivity index (χ3v) is 2.26. The van der Waals surface area contributed by atoms with E-state index in [1.54, 1.807) is 0 Å². The Morgan fingerprint density at radius 3 is 1.36 bits per heavy atom. The van der Waals surface area contributed by atoms with Gasteiger partial charge in [-0.05, 0) is 38.5 Å². The molecule has 1 aliphatic rings. The highest BCUT2D eigenvalue weighted by Gasteiger charge is 1.82. The molecule has 0 aromatic rings. The smallest absolute Gasteiger partial charge is 0.0345 e. The largest absolute Gasteiger partial charge is 0.0885 e. The van der Waals surface area contributed by atoms with Gasteiger partial charge in [0, 0.05) is 0 Å². The Balaban J connectivity index is 2.35. The third kappa shape index (κ3) is 6.47. The van der Waals surface area contributed by atoms with Crippen molar-refractivity contribution in [1.82, 2.24) is 0 Å². The van der Waals surface area contributed by atoms with Crippen LogP contribution in [0.2, 0.25) is 0 Å². The molecule has 0 spiro atoms. The summed E-state index contributed by atoms with van der Waals surface area (Å²) >= 11 is 0. The molecule has 0 saturated heterocycles. The van der Waals surface area contributed by atoms with Crippen molar-refractivity contribution in [2.75, 3.05) is 0 Å². The summed E-state index contributed by atoms with van der Waals surface area (Å²) in [4.78, 5) is 0. The highest BCUT2D eigenvalue weighted by molar-refractivity contribution is 5.11. The van der Waals surface area contributed by atoms with Crippen LogP contribution in [0.15, 0.2) is 48.6 Å². The molecule has 0 heterocycles. The van der Waals surface area contributed by atoms with Gasteiger partial charge in [0.05, 0.1) is 0 Å². The van der Waals surface area contributed by atoms with Crippen molar-refractivity contribution in [3.8, 4) is 0 Å². The summed E-state index contributed by atoms with van der Waals surface area (Å²) in [5.74, 6) is 0. The van der Waals surface area contributed by atoms with E-state index in [9.17, 15) is 0 Å². The van der Waals surface area contributed by atoms with Crippen molar-refractivity contribution < 1.29 is 0 Å². The molecule has 1 rings (SSSR count). The van der Waals surface area contributed by atoms with Crippen LogP contribution < -0.4 is 0 Å². The Bertz CT molecular complexity index is 204. The van der Waals surface area contributed by atoms with Crippen LogP contribution in [0.25, 0.3) is 0 Å². The summed E-state index contributed by atoms with van der Waals surface area (Å²) in [7, 11) is 0. The van der Waals surface area contributed by atoms with E-state index in [2.05, 4.69) is 48.6 Å². The second-order valence-corrected chi connectivity index (χ2v) is 3.57. The maximum absolute atomic E-state index is 2.32. The molecule has 14 heavy (non-hydrogen) atoms. The molecule has 0 N–H and O–H groups in total. The van der Waals surface area contributed by atoms with Gasteiger partial charge in [-0.25, -0.2) is 0 Å². The summed E-state index contributed by atoms with van der Waals surface area (Å²) in [6.07, 6.45) is 25.0. The van der Waals surface area contributed by atoms with Crippen molar-refractivity contribution in [3.05, 3.63) is 48.6 Å². The van der Waals surface area contributed by atoms with Crippen LogP contribution in [0.3, 0.4) is 0 Å². The van der Waals surface area contributed by atoms with Crippen molar-refractivity contribution in [3.63, 3.8) is 0 Å². The van der Waals surface area contributed by atoms with Crippen LogP contribution in [0.4, 0.5) is 0 Å². The van der Waals surface area contributed by atoms with E-state index in [1.807, 2.05) is 0 Å². The molecule has 0 atom stereocenters. The maximum atomic E-state index is 2.32. The molecule has 0 aliphatic heterocycles. The minimum Gasteiger partial charge on any atom is -0.0885 e. The fourth-order valence-electron chi connectivity index (χ4n) is 1.42. The molecule has 76 valence electrons. The van der Waals surface area contributed by atoms with E-state index in [0.717, 1.165) is 0 Å². The molecule has 0 saturated carbocycles. The van der Waals surface area contributed by atoms with Gasteiger partial charge < -0.3 is 0 Å². The molecular formula is C14H20. The Morgan fingerprint density at radius 1 is 0.429 bits per heavy atom. The summed E-state index contributed by atoms with van der Waals surface area (Å²) in [5.41, 5.74) is 0. The lowest BCUT2D eigenvalue weighted by molar-refractivity contribution is 0.840. The SMILES string of the molecule is C1=CCCC\C=C/C=C/C=C\CCC1. The van der Waals surface area contributed by atoms with E-state index in [-0.39, 0.29) is 0 Å². The van der Waals surface area contributed by atoms with Gasteiger partial charge in [-0.3, -0.25) is 0 Å². The van der Waals surface area contributed by atoms with Crippen LogP contribution in [0.1, 0.15) is 38.5 Å². The van der Waals surface area contributed by atoms with E-state index in [1.165, 1.54) is 38.5 Å². The van der Waals surface area contributed by atoms with E-state index in [0.29, 0.717) is 0 Å². The van der Waals surface area contributed by atoms with Crippen LogP contribution in [0.5, 0.6) is 0 Å². The molecule has 0 amide bonds. The predicted molar refractivity (Wildman–Crippen MR) is 64.3 cm³/mol. The van der Waals surface area contributed by atoms with Crippen molar-refractivity contribution >= 4 is 0 Å². The van der Waals surface area contributed by atoms with Gasteiger partial charge in [0.25, 0.3) is 0 Å². The minimum atomic E-state index is 1.19. The lowest BCUT2D eigenvalue weighted by Crippen LogP contribution is -1.72. The van der Waals surface area contributed by atoms with Crippen molar-refractivity contribution in [2.24, 2.45) is 0 Å². The highest BCUT2D eigenvalue weighted by atomic mass is 13.9. The van der Waals surface area contributed by atoms with Crippen LogP contribution >= 0.6 is 0 Å². The van der Waals surface area contributed by atoms with E-state index < -0.39 is 0 Å². The molecular weight excluding hydrogens is 168 g/mol. The van der Waals surface area contributed by atoms with E-state index in [4.69, 9.17) is 0 Å². The molecule has 0 unspecified atom stereocenters. The Labute approximate surface area is 87.7 Å². The van der Waals surface area contributed by atoms with Crippen molar-refractivity contribution in [2.45, 2.75) is 38.5 Å². The number of hydrogen-bond donors (Lipinski definition) is 0. The van der Waals surface area contributed by atoms with Crippen molar-refractivity contribution in [1.29, 1.82) is 0 Å². The molecule has 0 fully saturated rings. The fourth-order valence-corrected chi connectivity index (χ4v) is 1.42. The number of hydrogen-bond acceptors (Lipinski definition) is 0. The van der Waals surface area contributed by atoms with Gasteiger partial charge in [0.2, 0.25) is 0 Å². The monoisotopic (exact) mass is 188 g/mol. The van der Waals surface area contributed by atoms with Gasteiger partial charge in [-0.2, -0.15) is 0 Å². The zero-order valence-corrected chi connectivity index (χ0v) is 8.86. The Hall–Kier alpha value is -1.04. The second-order valence-electron chi connectivity index (χ2n) is 3.57. The van der Waals surface area contributed by atoms with Gasteiger partial charge >= 0.3 is 0 Å². The second kappa shape index (κ2) is 8.55. The topological polar surface area (TPSA) is 0 Å². The Morgan fingerprint density at radius 2 is 0.857 bits per heavy atom. The summed E-state index contributed by atoms with van der Waals surface area (Å²) in [5, 5.41) is 0. The number of allylic oxidation sites excluding steroid dienone is 8. The van der Waals surface area contributed by atoms with Gasteiger partial charge in [0.15, 0.2) is 0 Å². The first-order valence-electron chi connectivity index (χ1n) is 5.63. The summed E-state index contributed by atoms with van der Waals surface area (Å²) in [6, 6.07) is 0. The zero-order valence-electron chi connectivity index (χ0n) is 8.86. The minimum absolute atomic E-state index is 1.19. The van der Waals surface area contributed by atoms with Crippen LogP contribution in [0, 0.1) is 0 Å². The van der Waals surface area contributed by atoms with Gasteiger partial charge in [-0.1, -0.05) is 48.6 Å². The molecule has 0 bridgehead atoms. The zero-order chi connectivity index (χ0) is 9.90. The van der Waals surface area contributed by atoms with E-state index >= 15 is 0 Å². The molecule has 0 aromatic carbocycles. The lowest BCUT2D eigenvalue weighted by Gasteiger charge is -1.92. The summed E-state index contributed by atoms with van der Waals surface area (Å²) in [6.45, 7) is 0. The third-order valence-electron chi connectivity index (χ3n) is 2.26. The molecule has 0 radical (unpaired) electrons. The molecule has 0 heteroatoms. The van der Waals surface area contributed by atoms with Gasteiger partial charge in [0.1, 0.15) is 0 Å². The van der Waals surface area contributed by atoms with Crippen LogP contribution in [-0.4, -0.2) is 0 Å². The lowest BCUT2D eigenvalue weighted by atomic mass is 10.1. The Kier molecular flexibility index (Phi) is 6.74. The molecule has 1 aliphatic carbocycles.